The van der Waals surface area contributed by atoms with E-state index >= 15 is 0 Å². The molecule has 1 amide bonds. The number of carbonyl (C=O) groups is 2. The summed E-state index contributed by atoms with van der Waals surface area (Å²) >= 11 is 0. The highest BCUT2D eigenvalue weighted by atomic mass is 16.3. The number of unbranched alkanes of at least 4 members (excludes halogenated alkanes) is 2. The Morgan fingerprint density at radius 2 is 1.87 bits per heavy atom. The molecule has 3 rings (SSSR count). The molecule has 0 aromatic heterocycles. The van der Waals surface area contributed by atoms with Crippen LogP contribution < -0.4 is 0 Å². The fourth-order valence-corrected chi connectivity index (χ4v) is 4.28. The molecule has 1 aliphatic carbocycles. The van der Waals surface area contributed by atoms with Gasteiger partial charge in [0.15, 0.2) is 5.78 Å². The topological polar surface area (TPSA) is 73.2 Å². The normalized spacial score (nSPS) is 20.6. The number of nitrogens with zero attached hydrogens (tertiary/aromatic N) is 3. The van der Waals surface area contributed by atoms with Crippen molar-refractivity contribution in [2.45, 2.75) is 51.4 Å². The molecule has 1 fully saturated rings. The Morgan fingerprint density at radius 3 is 2.55 bits per heavy atom. The van der Waals surface area contributed by atoms with Gasteiger partial charge in [0.1, 0.15) is 5.76 Å². The number of hydrogen-bond donors (Lipinski definition) is 1. The second kappa shape index (κ2) is 11.8. The van der Waals surface area contributed by atoms with Crippen LogP contribution in [0.2, 0.25) is 0 Å². The number of benzene rings is 1. The van der Waals surface area contributed by atoms with Gasteiger partial charge in [0.25, 0.3) is 0 Å². The highest BCUT2D eigenvalue weighted by molar-refractivity contribution is 6.14. The zero-order valence-corrected chi connectivity index (χ0v) is 18.6. The number of hydrogen-bond acceptors (Lipinski definition) is 5. The van der Waals surface area contributed by atoms with Crippen LogP contribution in [0.25, 0.3) is 0 Å². The molecule has 6 nitrogen and oxygen atoms in total. The van der Waals surface area contributed by atoms with Crippen molar-refractivity contribution in [3.63, 3.8) is 0 Å². The lowest BCUT2D eigenvalue weighted by molar-refractivity contribution is -0.133. The Labute approximate surface area is 185 Å². The maximum atomic E-state index is 12.5. The first-order valence-electron chi connectivity index (χ1n) is 11.6. The van der Waals surface area contributed by atoms with Gasteiger partial charge in [-0.15, -0.1) is 0 Å². The molecule has 1 aliphatic heterocycles. The van der Waals surface area contributed by atoms with Gasteiger partial charge in [-0.3, -0.25) is 19.5 Å². The quantitative estimate of drug-likeness (QED) is 0.483. The van der Waals surface area contributed by atoms with Gasteiger partial charge in [-0.2, -0.15) is 0 Å². The number of rotatable bonds is 9. The number of amides is 1. The third kappa shape index (κ3) is 6.76. The number of aliphatic hydroxyl groups excluding tert-OH is 1. The first kappa shape index (κ1) is 23.2. The van der Waals surface area contributed by atoms with Crippen molar-refractivity contribution < 1.29 is 14.7 Å². The third-order valence-electron chi connectivity index (χ3n) is 6.24. The van der Waals surface area contributed by atoms with Gasteiger partial charge in [-0.1, -0.05) is 50.1 Å². The Bertz CT molecular complexity index is 795. The summed E-state index contributed by atoms with van der Waals surface area (Å²) in [4.78, 5) is 33.4. The van der Waals surface area contributed by atoms with Crippen LogP contribution in [-0.4, -0.2) is 72.1 Å². The number of aliphatic imine (C=N–C) groups is 1. The van der Waals surface area contributed by atoms with E-state index in [4.69, 9.17) is 0 Å². The van der Waals surface area contributed by atoms with E-state index in [0.29, 0.717) is 31.4 Å². The first-order chi connectivity index (χ1) is 15.1. The third-order valence-corrected chi connectivity index (χ3v) is 6.24. The number of aliphatic hydroxyl groups is 1. The fourth-order valence-electron chi connectivity index (χ4n) is 4.28. The van der Waals surface area contributed by atoms with Gasteiger partial charge in [-0.25, -0.2) is 0 Å². The molecule has 1 atom stereocenters. The number of Topliss-reactive ketones (excluding diaryl/α,β-unsaturated/α-hetero) is 1. The largest absolute Gasteiger partial charge is 0.511 e. The molecule has 1 saturated heterocycles. The van der Waals surface area contributed by atoms with E-state index in [1.165, 1.54) is 0 Å². The maximum Gasteiger partial charge on any atom is 0.222 e. The van der Waals surface area contributed by atoms with Crippen molar-refractivity contribution in [2.75, 3.05) is 39.3 Å². The Hall–Kier alpha value is -2.47. The summed E-state index contributed by atoms with van der Waals surface area (Å²) in [6.07, 6.45) is 6.33. The molecule has 1 aromatic carbocycles. The molecule has 0 bridgehead atoms. The number of ketones is 1. The van der Waals surface area contributed by atoms with E-state index in [9.17, 15) is 14.7 Å². The molecular formula is C25H35N3O3. The van der Waals surface area contributed by atoms with E-state index in [1.807, 2.05) is 35.2 Å². The fraction of sp³-hybridized carbons (Fsp3) is 0.560. The van der Waals surface area contributed by atoms with Crippen molar-refractivity contribution >= 4 is 17.9 Å². The van der Waals surface area contributed by atoms with Crippen molar-refractivity contribution in [3.8, 4) is 0 Å². The molecule has 1 heterocycles. The highest BCUT2D eigenvalue weighted by Crippen LogP contribution is 2.32. The molecule has 1 aromatic rings. The molecule has 6 heteroatoms. The van der Waals surface area contributed by atoms with Gasteiger partial charge in [-0.05, 0) is 17.9 Å². The average molecular weight is 426 g/mol. The van der Waals surface area contributed by atoms with Crippen molar-refractivity contribution in [1.29, 1.82) is 0 Å². The lowest BCUT2D eigenvalue weighted by Gasteiger charge is -2.34. The molecule has 0 saturated carbocycles. The lowest BCUT2D eigenvalue weighted by Crippen LogP contribution is -2.49. The predicted octanol–water partition coefficient (Wildman–Crippen LogP) is 3.74. The van der Waals surface area contributed by atoms with E-state index in [2.05, 4.69) is 16.8 Å². The minimum Gasteiger partial charge on any atom is -0.511 e. The van der Waals surface area contributed by atoms with Gasteiger partial charge >= 0.3 is 0 Å². The summed E-state index contributed by atoms with van der Waals surface area (Å²) in [6.45, 7) is 6.80. The van der Waals surface area contributed by atoms with Crippen LogP contribution in [0.1, 0.15) is 56.9 Å². The first-order valence-corrected chi connectivity index (χ1v) is 11.6. The van der Waals surface area contributed by atoms with Gasteiger partial charge in [0, 0.05) is 58.2 Å². The van der Waals surface area contributed by atoms with E-state index in [-0.39, 0.29) is 23.4 Å². The van der Waals surface area contributed by atoms with Gasteiger partial charge in [0.2, 0.25) is 5.91 Å². The van der Waals surface area contributed by atoms with Crippen LogP contribution in [0, 0.1) is 0 Å². The number of allylic oxidation sites excluding steroid dienone is 2. The summed E-state index contributed by atoms with van der Waals surface area (Å²) in [7, 11) is 0. The van der Waals surface area contributed by atoms with Crippen molar-refractivity contribution in [1.82, 2.24) is 9.80 Å². The van der Waals surface area contributed by atoms with Gasteiger partial charge in [0.05, 0.1) is 12.1 Å². The molecular weight excluding hydrogens is 390 g/mol. The molecule has 1 N–H and O–H groups in total. The van der Waals surface area contributed by atoms with Crippen molar-refractivity contribution in [2.24, 2.45) is 4.99 Å². The van der Waals surface area contributed by atoms with Crippen LogP contribution in [0.4, 0.5) is 0 Å². The van der Waals surface area contributed by atoms with Gasteiger partial charge < -0.3 is 10.0 Å². The molecule has 31 heavy (non-hydrogen) atoms. The van der Waals surface area contributed by atoms with E-state index in [0.717, 1.165) is 57.5 Å². The van der Waals surface area contributed by atoms with Crippen LogP contribution in [0.3, 0.4) is 0 Å². The zero-order valence-electron chi connectivity index (χ0n) is 18.6. The summed E-state index contributed by atoms with van der Waals surface area (Å²) in [5.41, 5.74) is 1.44. The zero-order chi connectivity index (χ0) is 22.1. The molecule has 0 spiro atoms. The van der Waals surface area contributed by atoms with Crippen molar-refractivity contribution in [3.05, 3.63) is 47.2 Å². The number of carbonyl (C=O) groups excluding carboxylic acids is 2. The Morgan fingerprint density at radius 1 is 1.13 bits per heavy atom. The minimum atomic E-state index is -0.0449. The smallest absolute Gasteiger partial charge is 0.222 e. The lowest BCUT2D eigenvalue weighted by atomic mass is 9.83. The molecule has 2 aliphatic rings. The second-order valence-electron chi connectivity index (χ2n) is 8.51. The van der Waals surface area contributed by atoms with E-state index < -0.39 is 0 Å². The average Bonchev–Trinajstić information content (AvgIpc) is 2.79. The molecule has 0 radical (unpaired) electrons. The molecule has 168 valence electrons. The number of piperazine rings is 1. The Kier molecular flexibility index (Phi) is 8.83. The van der Waals surface area contributed by atoms with Crippen LogP contribution in [0.5, 0.6) is 0 Å². The standard InChI is InChI=1S/C25H35N3O3/c1-2-3-5-10-25(31)28-15-13-27(14-16-28)12-11-26-19-22-23(29)17-21(18-24(22)30)20-8-6-4-7-9-20/h4,6-9,19,21,29H,2-3,5,10-18H2,1H3. The predicted molar refractivity (Wildman–Crippen MR) is 124 cm³/mol. The summed E-state index contributed by atoms with van der Waals surface area (Å²) in [5.74, 6) is 0.408. The minimum absolute atomic E-state index is 0.0341. The van der Waals surface area contributed by atoms with E-state index in [1.54, 1.807) is 6.21 Å². The maximum absolute atomic E-state index is 12.5. The molecule has 1 unspecified atom stereocenters. The second-order valence-corrected chi connectivity index (χ2v) is 8.51. The van der Waals surface area contributed by atoms with Crippen LogP contribution >= 0.6 is 0 Å². The summed E-state index contributed by atoms with van der Waals surface area (Å²) < 4.78 is 0. The summed E-state index contributed by atoms with van der Waals surface area (Å²) in [6, 6.07) is 9.87. The Balaban J connectivity index is 1.41. The van der Waals surface area contributed by atoms with Crippen LogP contribution in [0.15, 0.2) is 46.7 Å². The highest BCUT2D eigenvalue weighted by Gasteiger charge is 2.27. The van der Waals surface area contributed by atoms with Crippen LogP contribution in [-0.2, 0) is 9.59 Å². The SMILES string of the molecule is CCCCCC(=O)N1CCN(CCN=CC2=C(O)CC(c3ccccc3)CC2=O)CC1. The summed E-state index contributed by atoms with van der Waals surface area (Å²) in [5, 5.41) is 10.4. The monoisotopic (exact) mass is 425 g/mol.